The van der Waals surface area contributed by atoms with Crippen LogP contribution >= 0.6 is 0 Å². The molecule has 0 unspecified atom stereocenters. The molecule has 0 N–H and O–H groups in total. The van der Waals surface area contributed by atoms with E-state index in [-0.39, 0.29) is 5.78 Å². The molecule has 0 aliphatic carbocycles. The van der Waals surface area contributed by atoms with Crippen LogP contribution in [0.5, 0.6) is 5.75 Å². The van der Waals surface area contributed by atoms with Crippen molar-refractivity contribution in [2.24, 2.45) is 0 Å². The lowest BCUT2D eigenvalue weighted by Gasteiger charge is -2.07. The molecule has 0 fully saturated rings. The Kier molecular flexibility index (Phi) is 6.13. The Balaban J connectivity index is 1.94. The number of carbonyl (C=O) groups excluding carboxylic acids is 1. The van der Waals surface area contributed by atoms with Crippen molar-refractivity contribution >= 4 is 5.78 Å². The predicted molar refractivity (Wildman–Crippen MR) is 88.5 cm³/mol. The lowest BCUT2D eigenvalue weighted by molar-refractivity contribution is 0.103. The summed E-state index contributed by atoms with van der Waals surface area (Å²) in [5.74, 6) is 0.816. The molecule has 0 bridgehead atoms. The molecule has 116 valence electrons. The quantitative estimate of drug-likeness (QED) is 0.529. The van der Waals surface area contributed by atoms with Crippen LogP contribution in [0.2, 0.25) is 0 Å². The third-order valence-corrected chi connectivity index (χ3v) is 3.67. The number of aromatic nitrogens is 1. The Morgan fingerprint density at radius 3 is 2.55 bits per heavy atom. The van der Waals surface area contributed by atoms with E-state index < -0.39 is 0 Å². The zero-order valence-corrected chi connectivity index (χ0v) is 13.3. The Morgan fingerprint density at radius 1 is 1.09 bits per heavy atom. The van der Waals surface area contributed by atoms with Crippen molar-refractivity contribution < 1.29 is 9.53 Å². The third-order valence-electron chi connectivity index (χ3n) is 3.67. The Morgan fingerprint density at radius 2 is 1.86 bits per heavy atom. The molecule has 2 rings (SSSR count). The minimum Gasteiger partial charge on any atom is -0.494 e. The standard InChI is InChI=1S/C19H23NO2/c1-3-4-5-6-13-22-17-9-7-16(8-10-17)19(21)18-14-20-12-11-15(18)2/h7-12,14H,3-6,13H2,1-2H3. The number of benzene rings is 1. The Labute approximate surface area is 132 Å². The van der Waals surface area contributed by atoms with Crippen LogP contribution in [-0.2, 0) is 0 Å². The van der Waals surface area contributed by atoms with Gasteiger partial charge in [-0.25, -0.2) is 0 Å². The van der Waals surface area contributed by atoms with Crippen LogP contribution in [0.15, 0.2) is 42.7 Å². The van der Waals surface area contributed by atoms with Gasteiger partial charge in [-0.1, -0.05) is 26.2 Å². The zero-order chi connectivity index (χ0) is 15.8. The van der Waals surface area contributed by atoms with E-state index >= 15 is 0 Å². The second-order valence-corrected chi connectivity index (χ2v) is 5.45. The first-order chi connectivity index (χ1) is 10.7. The first-order valence-corrected chi connectivity index (χ1v) is 7.90. The third kappa shape index (κ3) is 4.42. The molecule has 0 atom stereocenters. The van der Waals surface area contributed by atoms with Crippen LogP contribution < -0.4 is 4.74 Å². The van der Waals surface area contributed by atoms with Gasteiger partial charge in [0.05, 0.1) is 6.61 Å². The van der Waals surface area contributed by atoms with Crippen LogP contribution in [0.25, 0.3) is 0 Å². The molecule has 0 aliphatic rings. The summed E-state index contributed by atoms with van der Waals surface area (Å²) < 4.78 is 5.69. The van der Waals surface area contributed by atoms with Crippen LogP contribution in [0, 0.1) is 6.92 Å². The lowest BCUT2D eigenvalue weighted by Crippen LogP contribution is -2.04. The molecule has 0 amide bonds. The highest BCUT2D eigenvalue weighted by atomic mass is 16.5. The maximum atomic E-state index is 12.4. The summed E-state index contributed by atoms with van der Waals surface area (Å²) >= 11 is 0. The predicted octanol–water partition coefficient (Wildman–Crippen LogP) is 4.58. The van der Waals surface area contributed by atoms with Crippen molar-refractivity contribution in [1.29, 1.82) is 0 Å². The van der Waals surface area contributed by atoms with E-state index in [0.29, 0.717) is 11.1 Å². The molecule has 2 aromatic rings. The fraction of sp³-hybridized carbons (Fsp3) is 0.368. The second kappa shape index (κ2) is 8.32. The van der Waals surface area contributed by atoms with E-state index in [1.54, 1.807) is 12.4 Å². The van der Waals surface area contributed by atoms with E-state index in [9.17, 15) is 4.79 Å². The van der Waals surface area contributed by atoms with Crippen LogP contribution in [0.4, 0.5) is 0 Å². The average Bonchev–Trinajstić information content (AvgIpc) is 2.55. The number of ether oxygens (including phenoxy) is 1. The van der Waals surface area contributed by atoms with Gasteiger partial charge in [0.15, 0.2) is 5.78 Å². The van der Waals surface area contributed by atoms with Gasteiger partial charge in [0.25, 0.3) is 0 Å². The molecular weight excluding hydrogens is 274 g/mol. The van der Waals surface area contributed by atoms with Gasteiger partial charge in [-0.3, -0.25) is 9.78 Å². The maximum Gasteiger partial charge on any atom is 0.194 e. The molecule has 0 radical (unpaired) electrons. The number of nitrogens with zero attached hydrogens (tertiary/aromatic N) is 1. The van der Waals surface area contributed by atoms with E-state index in [1.807, 2.05) is 37.3 Å². The van der Waals surface area contributed by atoms with Crippen LogP contribution in [-0.4, -0.2) is 17.4 Å². The van der Waals surface area contributed by atoms with E-state index in [4.69, 9.17) is 4.74 Å². The Bertz CT molecular complexity index is 605. The molecule has 22 heavy (non-hydrogen) atoms. The van der Waals surface area contributed by atoms with Gasteiger partial charge in [-0.2, -0.15) is 0 Å². The number of ketones is 1. The second-order valence-electron chi connectivity index (χ2n) is 5.45. The van der Waals surface area contributed by atoms with Crippen LogP contribution in [0.1, 0.15) is 54.1 Å². The van der Waals surface area contributed by atoms with Crippen molar-refractivity contribution in [2.75, 3.05) is 6.61 Å². The summed E-state index contributed by atoms with van der Waals surface area (Å²) in [6, 6.07) is 9.20. The highest BCUT2D eigenvalue weighted by Crippen LogP contribution is 2.17. The molecule has 0 saturated heterocycles. The van der Waals surface area contributed by atoms with Crippen molar-refractivity contribution in [3.05, 3.63) is 59.4 Å². The van der Waals surface area contributed by atoms with Gasteiger partial charge in [0, 0.05) is 23.5 Å². The molecule has 1 aromatic heterocycles. The van der Waals surface area contributed by atoms with Crippen LogP contribution in [0.3, 0.4) is 0 Å². The lowest BCUT2D eigenvalue weighted by atomic mass is 10.0. The minimum atomic E-state index is 0.0000887. The smallest absolute Gasteiger partial charge is 0.194 e. The molecule has 0 saturated carbocycles. The number of pyridine rings is 1. The van der Waals surface area contributed by atoms with Gasteiger partial charge in [0.1, 0.15) is 5.75 Å². The van der Waals surface area contributed by atoms with Crippen molar-refractivity contribution in [3.8, 4) is 5.75 Å². The molecule has 0 aliphatic heterocycles. The average molecular weight is 297 g/mol. The molecular formula is C19H23NO2. The first-order valence-electron chi connectivity index (χ1n) is 7.90. The van der Waals surface area contributed by atoms with Gasteiger partial charge >= 0.3 is 0 Å². The van der Waals surface area contributed by atoms with Gasteiger partial charge in [0.2, 0.25) is 0 Å². The summed E-state index contributed by atoms with van der Waals surface area (Å²) in [6.45, 7) is 4.85. The number of hydrogen-bond acceptors (Lipinski definition) is 3. The van der Waals surface area contributed by atoms with E-state index in [2.05, 4.69) is 11.9 Å². The number of hydrogen-bond donors (Lipinski definition) is 0. The van der Waals surface area contributed by atoms with Crippen molar-refractivity contribution in [3.63, 3.8) is 0 Å². The summed E-state index contributed by atoms with van der Waals surface area (Å²) in [5.41, 5.74) is 2.25. The summed E-state index contributed by atoms with van der Waals surface area (Å²) in [6.07, 6.45) is 8.07. The topological polar surface area (TPSA) is 39.2 Å². The summed E-state index contributed by atoms with van der Waals surface area (Å²) in [5, 5.41) is 0. The number of rotatable bonds is 8. The molecule has 3 nitrogen and oxygen atoms in total. The molecule has 3 heteroatoms. The van der Waals surface area contributed by atoms with Gasteiger partial charge in [-0.05, 0) is 49.2 Å². The number of carbonyl (C=O) groups is 1. The largest absolute Gasteiger partial charge is 0.494 e. The number of aryl methyl sites for hydroxylation is 1. The minimum absolute atomic E-state index is 0.0000887. The molecule has 1 heterocycles. The highest BCUT2D eigenvalue weighted by Gasteiger charge is 2.11. The summed E-state index contributed by atoms with van der Waals surface area (Å²) in [4.78, 5) is 16.5. The monoisotopic (exact) mass is 297 g/mol. The Hall–Kier alpha value is -2.16. The van der Waals surface area contributed by atoms with E-state index in [1.165, 1.54) is 19.3 Å². The highest BCUT2D eigenvalue weighted by molar-refractivity contribution is 6.09. The van der Waals surface area contributed by atoms with Crippen molar-refractivity contribution in [1.82, 2.24) is 4.98 Å². The molecule has 1 aromatic carbocycles. The fourth-order valence-corrected chi connectivity index (χ4v) is 2.28. The summed E-state index contributed by atoms with van der Waals surface area (Å²) in [7, 11) is 0. The fourth-order valence-electron chi connectivity index (χ4n) is 2.28. The maximum absolute atomic E-state index is 12.4. The van der Waals surface area contributed by atoms with E-state index in [0.717, 1.165) is 24.3 Å². The zero-order valence-electron chi connectivity index (χ0n) is 13.3. The SMILES string of the molecule is CCCCCCOc1ccc(C(=O)c2cnccc2C)cc1. The molecule has 0 spiro atoms. The van der Waals surface area contributed by atoms with Gasteiger partial charge < -0.3 is 4.74 Å². The van der Waals surface area contributed by atoms with Crippen molar-refractivity contribution in [2.45, 2.75) is 39.5 Å². The number of unbranched alkanes of at least 4 members (excludes halogenated alkanes) is 3. The normalized spacial score (nSPS) is 10.5. The first kappa shape index (κ1) is 16.2. The van der Waals surface area contributed by atoms with Gasteiger partial charge in [-0.15, -0.1) is 0 Å².